The van der Waals surface area contributed by atoms with Crippen molar-refractivity contribution in [3.63, 3.8) is 0 Å². The highest BCUT2D eigenvalue weighted by Crippen LogP contribution is 2.20. The topological polar surface area (TPSA) is 55.2 Å². The number of nitrogens with one attached hydrogen (secondary N) is 1. The van der Waals surface area contributed by atoms with Crippen LogP contribution in [-0.2, 0) is 0 Å². The van der Waals surface area contributed by atoms with Crippen LogP contribution in [0, 0.1) is 10.1 Å². The lowest BCUT2D eigenvalue weighted by molar-refractivity contribution is -0.384. The van der Waals surface area contributed by atoms with Gasteiger partial charge in [-0.25, -0.2) is 0 Å². The molecule has 2 atom stereocenters. The highest BCUT2D eigenvalue weighted by atomic mass is 16.6. The number of nitro groups is 1. The van der Waals surface area contributed by atoms with E-state index in [9.17, 15) is 10.1 Å². The van der Waals surface area contributed by atoms with E-state index in [1.54, 1.807) is 12.1 Å². The molecule has 1 rings (SSSR count). The number of hydrogen-bond donors (Lipinski definition) is 1. The van der Waals surface area contributed by atoms with Crippen LogP contribution in [0.15, 0.2) is 24.3 Å². The summed E-state index contributed by atoms with van der Waals surface area (Å²) < 4.78 is 0. The van der Waals surface area contributed by atoms with Crippen molar-refractivity contribution in [3.05, 3.63) is 39.9 Å². The molecule has 0 aliphatic heterocycles. The van der Waals surface area contributed by atoms with Gasteiger partial charge in [-0.3, -0.25) is 10.1 Å². The Kier molecular flexibility index (Phi) is 7.23. The SMILES string of the molecule is CCCCC(CCC)NC(C)c1cccc([N+](=O)[O-])c1. The van der Waals surface area contributed by atoms with Gasteiger partial charge in [-0.15, -0.1) is 0 Å². The van der Waals surface area contributed by atoms with E-state index in [1.807, 2.05) is 6.07 Å². The number of nitro benzene ring substituents is 1. The molecule has 0 spiro atoms. The Morgan fingerprint density at radius 1 is 1.25 bits per heavy atom. The van der Waals surface area contributed by atoms with Crippen LogP contribution < -0.4 is 5.32 Å². The fourth-order valence-corrected chi connectivity index (χ4v) is 2.47. The summed E-state index contributed by atoms with van der Waals surface area (Å²) in [5.41, 5.74) is 1.15. The highest BCUT2D eigenvalue weighted by molar-refractivity contribution is 5.35. The Balaban J connectivity index is 2.69. The first-order valence-electron chi connectivity index (χ1n) is 7.58. The molecule has 4 nitrogen and oxygen atoms in total. The van der Waals surface area contributed by atoms with Gasteiger partial charge >= 0.3 is 0 Å². The molecule has 0 aromatic heterocycles. The minimum Gasteiger partial charge on any atom is -0.307 e. The molecule has 0 radical (unpaired) electrons. The summed E-state index contributed by atoms with van der Waals surface area (Å²) in [6, 6.07) is 7.55. The Hall–Kier alpha value is -1.42. The third-order valence-electron chi connectivity index (χ3n) is 3.61. The molecule has 0 fully saturated rings. The van der Waals surface area contributed by atoms with Gasteiger partial charge in [0.05, 0.1) is 4.92 Å². The number of benzene rings is 1. The van der Waals surface area contributed by atoms with Gasteiger partial charge < -0.3 is 5.32 Å². The molecular formula is C16H26N2O2. The summed E-state index contributed by atoms with van der Waals surface area (Å²) in [5.74, 6) is 0. The molecule has 20 heavy (non-hydrogen) atoms. The van der Waals surface area contributed by atoms with Crippen molar-refractivity contribution in [1.29, 1.82) is 0 Å². The van der Waals surface area contributed by atoms with Crippen molar-refractivity contribution in [2.75, 3.05) is 0 Å². The molecule has 4 heteroatoms. The maximum Gasteiger partial charge on any atom is 0.269 e. The largest absolute Gasteiger partial charge is 0.307 e. The van der Waals surface area contributed by atoms with E-state index in [-0.39, 0.29) is 16.7 Å². The van der Waals surface area contributed by atoms with Crippen molar-refractivity contribution in [1.82, 2.24) is 5.32 Å². The lowest BCUT2D eigenvalue weighted by Gasteiger charge is -2.23. The standard InChI is InChI=1S/C16H26N2O2/c1-4-6-10-15(8-5-2)17-13(3)14-9-7-11-16(12-14)18(19)20/h7,9,11-13,15,17H,4-6,8,10H2,1-3H3. The zero-order valence-corrected chi connectivity index (χ0v) is 12.8. The van der Waals surface area contributed by atoms with Crippen LogP contribution in [0.1, 0.15) is 64.5 Å². The van der Waals surface area contributed by atoms with Crippen LogP contribution in [0.3, 0.4) is 0 Å². The molecule has 1 N–H and O–H groups in total. The quantitative estimate of drug-likeness (QED) is 0.530. The van der Waals surface area contributed by atoms with E-state index in [1.165, 1.54) is 25.3 Å². The van der Waals surface area contributed by atoms with E-state index in [4.69, 9.17) is 0 Å². The normalized spacial score (nSPS) is 13.9. The third kappa shape index (κ3) is 5.29. The number of nitrogens with zero attached hydrogens (tertiary/aromatic N) is 1. The Bertz CT molecular complexity index is 421. The minimum absolute atomic E-state index is 0.142. The molecular weight excluding hydrogens is 252 g/mol. The lowest BCUT2D eigenvalue weighted by Crippen LogP contribution is -2.31. The van der Waals surface area contributed by atoms with Crippen LogP contribution in [-0.4, -0.2) is 11.0 Å². The molecule has 1 aromatic carbocycles. The average Bonchev–Trinajstić information content (AvgIpc) is 2.45. The van der Waals surface area contributed by atoms with Gasteiger partial charge in [-0.2, -0.15) is 0 Å². The summed E-state index contributed by atoms with van der Waals surface area (Å²) in [7, 11) is 0. The Labute approximate surface area is 121 Å². The lowest BCUT2D eigenvalue weighted by atomic mass is 10.0. The predicted octanol–water partition coefficient (Wildman–Crippen LogP) is 4.60. The van der Waals surface area contributed by atoms with E-state index < -0.39 is 0 Å². The zero-order chi connectivity index (χ0) is 15.0. The molecule has 0 heterocycles. The Morgan fingerprint density at radius 3 is 2.60 bits per heavy atom. The Morgan fingerprint density at radius 2 is 2.00 bits per heavy atom. The first-order chi connectivity index (χ1) is 9.58. The van der Waals surface area contributed by atoms with Gasteiger partial charge in [0.1, 0.15) is 0 Å². The maximum absolute atomic E-state index is 10.8. The van der Waals surface area contributed by atoms with E-state index in [0.717, 1.165) is 18.4 Å². The van der Waals surface area contributed by atoms with Gasteiger partial charge in [0.2, 0.25) is 0 Å². The second-order valence-corrected chi connectivity index (χ2v) is 5.37. The first-order valence-corrected chi connectivity index (χ1v) is 7.58. The van der Waals surface area contributed by atoms with Gasteiger partial charge in [0.25, 0.3) is 5.69 Å². The summed E-state index contributed by atoms with van der Waals surface area (Å²) in [4.78, 5) is 10.5. The molecule has 1 aromatic rings. The van der Waals surface area contributed by atoms with Crippen molar-refractivity contribution >= 4 is 5.69 Å². The molecule has 0 saturated carbocycles. The van der Waals surface area contributed by atoms with Crippen LogP contribution in [0.25, 0.3) is 0 Å². The fraction of sp³-hybridized carbons (Fsp3) is 0.625. The molecule has 0 saturated heterocycles. The first kappa shape index (κ1) is 16.6. The number of unbranched alkanes of at least 4 members (excludes halogenated alkanes) is 1. The number of rotatable bonds is 9. The smallest absolute Gasteiger partial charge is 0.269 e. The van der Waals surface area contributed by atoms with Gasteiger partial charge in [0.15, 0.2) is 0 Å². The molecule has 0 aliphatic carbocycles. The van der Waals surface area contributed by atoms with E-state index in [0.29, 0.717) is 6.04 Å². The summed E-state index contributed by atoms with van der Waals surface area (Å²) in [5, 5.41) is 14.4. The number of non-ortho nitro benzene ring substituents is 1. The van der Waals surface area contributed by atoms with Crippen LogP contribution in [0.2, 0.25) is 0 Å². The summed E-state index contributed by atoms with van der Waals surface area (Å²) in [6.45, 7) is 6.47. The van der Waals surface area contributed by atoms with Crippen LogP contribution in [0.4, 0.5) is 5.69 Å². The second-order valence-electron chi connectivity index (χ2n) is 5.37. The molecule has 112 valence electrons. The highest BCUT2D eigenvalue weighted by Gasteiger charge is 2.14. The van der Waals surface area contributed by atoms with Gasteiger partial charge in [0, 0.05) is 24.2 Å². The zero-order valence-electron chi connectivity index (χ0n) is 12.8. The molecule has 0 amide bonds. The second kappa shape index (κ2) is 8.69. The van der Waals surface area contributed by atoms with Crippen LogP contribution >= 0.6 is 0 Å². The van der Waals surface area contributed by atoms with Gasteiger partial charge in [-0.05, 0) is 25.3 Å². The third-order valence-corrected chi connectivity index (χ3v) is 3.61. The van der Waals surface area contributed by atoms with E-state index in [2.05, 4.69) is 26.1 Å². The maximum atomic E-state index is 10.8. The number of hydrogen-bond acceptors (Lipinski definition) is 3. The monoisotopic (exact) mass is 278 g/mol. The summed E-state index contributed by atoms with van der Waals surface area (Å²) in [6.07, 6.45) is 5.90. The average molecular weight is 278 g/mol. The van der Waals surface area contributed by atoms with Crippen molar-refractivity contribution in [3.8, 4) is 0 Å². The summed E-state index contributed by atoms with van der Waals surface area (Å²) >= 11 is 0. The molecule has 0 bridgehead atoms. The van der Waals surface area contributed by atoms with Crippen LogP contribution in [0.5, 0.6) is 0 Å². The predicted molar refractivity (Wildman–Crippen MR) is 82.9 cm³/mol. The molecule has 0 aliphatic rings. The molecule has 2 unspecified atom stereocenters. The van der Waals surface area contributed by atoms with Crippen molar-refractivity contribution < 1.29 is 4.92 Å². The fourth-order valence-electron chi connectivity index (χ4n) is 2.47. The van der Waals surface area contributed by atoms with Crippen molar-refractivity contribution in [2.24, 2.45) is 0 Å². The van der Waals surface area contributed by atoms with Crippen molar-refractivity contribution in [2.45, 2.75) is 65.0 Å². The minimum atomic E-state index is -0.336. The van der Waals surface area contributed by atoms with E-state index >= 15 is 0 Å². The van der Waals surface area contributed by atoms with Gasteiger partial charge in [-0.1, -0.05) is 45.2 Å².